The largest absolute Gasteiger partial charge is 0.334 e. The summed E-state index contributed by atoms with van der Waals surface area (Å²) in [5, 5.41) is 0. The summed E-state index contributed by atoms with van der Waals surface area (Å²) in [5.74, 6) is 0. The molecule has 8 aromatic rings. The monoisotopic (exact) mass is 827 g/mol. The topological polar surface area (TPSA) is 9.72 Å². The van der Waals surface area contributed by atoms with Gasteiger partial charge in [-0.3, -0.25) is 0 Å². The van der Waals surface area contributed by atoms with Gasteiger partial charge in [-0.2, -0.15) is 0 Å². The fourth-order valence-corrected chi connectivity index (χ4v) is 11.7. The Bertz CT molecular complexity index is 3120. The number of benzene rings is 8. The summed E-state index contributed by atoms with van der Waals surface area (Å²) in [7, 11) is 0. The molecule has 3 nitrogen and oxygen atoms in total. The van der Waals surface area contributed by atoms with Gasteiger partial charge in [0.25, 0.3) is 0 Å². The number of fused-ring (bicyclic) bond motifs is 1. The van der Waals surface area contributed by atoms with E-state index in [9.17, 15) is 0 Å². The van der Waals surface area contributed by atoms with Crippen molar-refractivity contribution in [2.75, 3.05) is 14.7 Å². The molecule has 8 aromatic carbocycles. The molecular formula is C61H53N3. The predicted octanol–water partition coefficient (Wildman–Crippen LogP) is 16.5. The van der Waals surface area contributed by atoms with Gasteiger partial charge >= 0.3 is 0 Å². The molecule has 0 amide bonds. The molecule has 0 N–H and O–H groups in total. The van der Waals surface area contributed by atoms with Gasteiger partial charge in [0.2, 0.25) is 0 Å². The van der Waals surface area contributed by atoms with Crippen LogP contribution in [0.5, 0.6) is 0 Å². The molecule has 3 aliphatic heterocycles. The third-order valence-corrected chi connectivity index (χ3v) is 15.1. The number of rotatable bonds is 7. The van der Waals surface area contributed by atoms with Crippen LogP contribution >= 0.6 is 0 Å². The molecule has 0 spiro atoms. The minimum atomic E-state index is -0.322. The number of nitrogens with zero attached hydrogens (tertiary/aromatic N) is 3. The first-order valence-corrected chi connectivity index (χ1v) is 23.0. The maximum absolute atomic E-state index is 2.68. The summed E-state index contributed by atoms with van der Waals surface area (Å²) in [6.45, 7) is 14.7. The summed E-state index contributed by atoms with van der Waals surface area (Å²) in [5.41, 5.74) is 22.5. The van der Waals surface area contributed by atoms with E-state index in [1.807, 2.05) is 0 Å². The first kappa shape index (κ1) is 38.6. The third-order valence-electron chi connectivity index (χ3n) is 15.1. The zero-order valence-electron chi connectivity index (χ0n) is 37.6. The van der Waals surface area contributed by atoms with Crippen LogP contribution in [-0.4, -0.2) is 0 Å². The van der Waals surface area contributed by atoms with Crippen LogP contribution < -0.4 is 14.7 Å². The lowest BCUT2D eigenvalue weighted by Crippen LogP contribution is -2.43. The zero-order chi connectivity index (χ0) is 43.5. The minimum absolute atomic E-state index is 0.193. The normalized spacial score (nSPS) is 17.3. The molecule has 1 unspecified atom stereocenters. The van der Waals surface area contributed by atoms with Gasteiger partial charge in [0.1, 0.15) is 0 Å². The second kappa shape index (κ2) is 13.9. The Hall–Kier alpha value is -7.10. The van der Waals surface area contributed by atoms with Crippen LogP contribution in [0.3, 0.4) is 0 Å². The molecule has 1 aliphatic carbocycles. The number of hydrogen-bond donors (Lipinski definition) is 0. The predicted molar refractivity (Wildman–Crippen MR) is 269 cm³/mol. The summed E-state index contributed by atoms with van der Waals surface area (Å²) in [6, 6.07) is 68.2. The van der Waals surface area contributed by atoms with Crippen molar-refractivity contribution in [2.24, 2.45) is 0 Å². The van der Waals surface area contributed by atoms with E-state index in [1.165, 1.54) is 89.8 Å². The molecule has 312 valence electrons. The van der Waals surface area contributed by atoms with Gasteiger partial charge in [0.15, 0.2) is 0 Å². The summed E-state index contributed by atoms with van der Waals surface area (Å²) in [6.07, 6.45) is 5.55. The molecule has 0 radical (unpaired) electrons. The highest BCUT2D eigenvalue weighted by molar-refractivity contribution is 6.00. The maximum atomic E-state index is 2.68. The van der Waals surface area contributed by atoms with Crippen LogP contribution in [0.1, 0.15) is 98.5 Å². The molecule has 0 fully saturated rings. The first-order valence-electron chi connectivity index (χ1n) is 23.0. The van der Waals surface area contributed by atoms with Gasteiger partial charge in [-0.25, -0.2) is 0 Å². The molecule has 0 saturated carbocycles. The average molecular weight is 828 g/mol. The Morgan fingerprint density at radius 1 is 0.406 bits per heavy atom. The lowest BCUT2D eigenvalue weighted by atomic mass is 9.60. The summed E-state index contributed by atoms with van der Waals surface area (Å²) >= 11 is 0. The fraction of sp³-hybridized carbons (Fsp3) is 0.180. The molecular weight excluding hydrogens is 775 g/mol. The maximum Gasteiger partial charge on any atom is 0.0631 e. The van der Waals surface area contributed by atoms with E-state index < -0.39 is 0 Å². The minimum Gasteiger partial charge on any atom is -0.334 e. The first-order chi connectivity index (χ1) is 31.0. The van der Waals surface area contributed by atoms with Crippen molar-refractivity contribution in [2.45, 2.75) is 70.3 Å². The van der Waals surface area contributed by atoms with E-state index in [1.54, 1.807) is 0 Å². The van der Waals surface area contributed by atoms with Crippen molar-refractivity contribution < 1.29 is 0 Å². The summed E-state index contributed by atoms with van der Waals surface area (Å²) in [4.78, 5) is 7.65. The molecule has 0 aromatic heterocycles. The van der Waals surface area contributed by atoms with Crippen LogP contribution in [0.15, 0.2) is 188 Å². The highest BCUT2D eigenvalue weighted by Crippen LogP contribution is 2.67. The van der Waals surface area contributed by atoms with Gasteiger partial charge in [-0.15, -0.1) is 0 Å². The van der Waals surface area contributed by atoms with Crippen molar-refractivity contribution in [3.63, 3.8) is 0 Å². The van der Waals surface area contributed by atoms with Gasteiger partial charge < -0.3 is 14.7 Å². The Morgan fingerprint density at radius 2 is 0.859 bits per heavy atom. The van der Waals surface area contributed by atoms with Crippen molar-refractivity contribution >= 4 is 51.6 Å². The van der Waals surface area contributed by atoms with Crippen molar-refractivity contribution in [1.29, 1.82) is 0 Å². The van der Waals surface area contributed by atoms with Gasteiger partial charge in [0.05, 0.1) is 23.1 Å². The number of hydrogen-bond acceptors (Lipinski definition) is 3. The summed E-state index contributed by atoms with van der Waals surface area (Å²) < 4.78 is 0. The molecule has 0 saturated heterocycles. The number of anilines is 8. The van der Waals surface area contributed by atoms with Gasteiger partial charge in [-0.1, -0.05) is 163 Å². The molecule has 4 aliphatic rings. The Labute approximate surface area is 378 Å². The molecule has 3 heteroatoms. The lowest BCUT2D eigenvalue weighted by Gasteiger charge is -2.55. The van der Waals surface area contributed by atoms with E-state index in [2.05, 4.69) is 250 Å². The SMILES string of the molecule is CC1(C)c2cccc3c2N2c4c1cc(-c1ccc(N(c5ccccc5)C5CC=Cc6ccccc65)cc1)cc4C(C)(C)c1cc(N(c4ccccc4)c4ccccc4)cc(c12)C3(C)C. The molecule has 0 bridgehead atoms. The van der Waals surface area contributed by atoms with E-state index >= 15 is 0 Å². The van der Waals surface area contributed by atoms with Gasteiger partial charge in [-0.05, 0) is 135 Å². The Balaban J connectivity index is 1.05. The van der Waals surface area contributed by atoms with Crippen LogP contribution in [0.2, 0.25) is 0 Å². The van der Waals surface area contributed by atoms with Crippen LogP contribution in [0, 0.1) is 0 Å². The molecule has 12 rings (SSSR count). The van der Waals surface area contributed by atoms with Crippen LogP contribution in [0.4, 0.5) is 45.5 Å². The quantitative estimate of drug-likeness (QED) is 0.158. The Kier molecular flexibility index (Phi) is 8.41. The zero-order valence-corrected chi connectivity index (χ0v) is 37.6. The lowest BCUT2D eigenvalue weighted by molar-refractivity contribution is 0.567. The van der Waals surface area contributed by atoms with Crippen molar-refractivity contribution in [1.82, 2.24) is 0 Å². The van der Waals surface area contributed by atoms with Gasteiger partial charge in [0, 0.05) is 44.7 Å². The highest BCUT2D eigenvalue weighted by Gasteiger charge is 2.52. The van der Waals surface area contributed by atoms with Crippen molar-refractivity contribution in [3.05, 3.63) is 233 Å². The van der Waals surface area contributed by atoms with Crippen LogP contribution in [0.25, 0.3) is 17.2 Å². The molecule has 3 heterocycles. The van der Waals surface area contributed by atoms with E-state index in [-0.39, 0.29) is 22.3 Å². The second-order valence-corrected chi connectivity index (χ2v) is 19.8. The fourth-order valence-electron chi connectivity index (χ4n) is 11.7. The Morgan fingerprint density at radius 3 is 1.42 bits per heavy atom. The number of para-hydroxylation sites is 4. The second-order valence-electron chi connectivity index (χ2n) is 19.8. The highest BCUT2D eigenvalue weighted by atomic mass is 15.2. The standard InChI is InChI=1S/C61H53N3/c1-59(2)49-29-19-30-50-56(49)64-57-51(59)36-42(40-32-34-46(35-33-40)63(45-26-14-9-15-27-45)55-31-18-21-41-20-16-17-28-48(41)55)37-52(57)61(5,6)54-39-47(38-53(58(54)64)60(50,3)4)62(43-22-10-7-11-23-43)44-24-12-8-13-25-44/h7-30,32-39,55H,31H2,1-6H3. The molecule has 64 heavy (non-hydrogen) atoms. The smallest absolute Gasteiger partial charge is 0.0631 e. The van der Waals surface area contributed by atoms with Crippen molar-refractivity contribution in [3.8, 4) is 11.1 Å². The average Bonchev–Trinajstić information content (AvgIpc) is 3.32. The van der Waals surface area contributed by atoms with E-state index in [4.69, 9.17) is 0 Å². The van der Waals surface area contributed by atoms with E-state index in [0.29, 0.717) is 0 Å². The molecule has 1 atom stereocenters. The third kappa shape index (κ3) is 5.53. The van der Waals surface area contributed by atoms with E-state index in [0.717, 1.165) is 17.8 Å². The van der Waals surface area contributed by atoms with Crippen LogP contribution in [-0.2, 0) is 16.2 Å².